The lowest BCUT2D eigenvalue weighted by atomic mass is 10.3. The summed E-state index contributed by atoms with van der Waals surface area (Å²) in [6.45, 7) is 4.05. The lowest BCUT2D eigenvalue weighted by molar-refractivity contribution is 0.440. The summed E-state index contributed by atoms with van der Waals surface area (Å²) in [4.78, 5) is 16.2. The van der Waals surface area contributed by atoms with Gasteiger partial charge in [-0.2, -0.15) is 0 Å². The topological polar surface area (TPSA) is 60.1 Å². The molecule has 0 fully saturated rings. The molecule has 1 aromatic carbocycles. The van der Waals surface area contributed by atoms with Gasteiger partial charge in [-0.15, -0.1) is 0 Å². The maximum Gasteiger partial charge on any atom is 0.269 e. The molecule has 3 rings (SSSR count). The van der Waals surface area contributed by atoms with E-state index in [0.29, 0.717) is 13.1 Å². The van der Waals surface area contributed by atoms with Gasteiger partial charge in [-0.25, -0.2) is 4.98 Å². The minimum absolute atomic E-state index is 0.127. The summed E-state index contributed by atoms with van der Waals surface area (Å²) in [6.07, 6.45) is 1.35. The molecule has 0 aliphatic rings. The van der Waals surface area contributed by atoms with Crippen molar-refractivity contribution in [3.05, 3.63) is 64.5 Å². The third kappa shape index (κ3) is 2.87. The van der Waals surface area contributed by atoms with Crippen LogP contribution < -0.4 is 10.9 Å². The molecule has 0 unspecified atom stereocenters. The van der Waals surface area contributed by atoms with E-state index in [2.05, 4.69) is 10.3 Å². The largest absolute Gasteiger partial charge is 0.463 e. The van der Waals surface area contributed by atoms with Gasteiger partial charge in [0, 0.05) is 0 Å². The van der Waals surface area contributed by atoms with Gasteiger partial charge in [0.25, 0.3) is 5.56 Å². The predicted octanol–water partition coefficient (Wildman–Crippen LogP) is 2.15. The number of para-hydroxylation sites is 2. The van der Waals surface area contributed by atoms with Crippen molar-refractivity contribution in [2.75, 3.05) is 6.54 Å². The first kappa shape index (κ1) is 13.6. The van der Waals surface area contributed by atoms with Crippen molar-refractivity contribution in [1.29, 1.82) is 0 Å². The molecule has 1 N–H and O–H groups in total. The van der Waals surface area contributed by atoms with Crippen molar-refractivity contribution in [3.8, 4) is 0 Å². The number of benzene rings is 1. The van der Waals surface area contributed by atoms with Crippen LogP contribution in [0.2, 0.25) is 0 Å². The summed E-state index contributed by atoms with van der Waals surface area (Å²) in [5, 5.41) is 3.21. The van der Waals surface area contributed by atoms with Crippen LogP contribution in [0.1, 0.15) is 18.4 Å². The van der Waals surface area contributed by atoms with E-state index in [-0.39, 0.29) is 5.56 Å². The highest BCUT2D eigenvalue weighted by molar-refractivity contribution is 5.74. The summed E-state index contributed by atoms with van der Waals surface area (Å²) in [5.74, 6) is 1.64. The highest BCUT2D eigenvalue weighted by Gasteiger charge is 2.07. The van der Waals surface area contributed by atoms with Crippen LogP contribution in [0.5, 0.6) is 0 Å². The number of rotatable bonds is 5. The van der Waals surface area contributed by atoms with Gasteiger partial charge < -0.3 is 9.73 Å². The first-order valence-electron chi connectivity index (χ1n) is 7.01. The second-order valence-electron chi connectivity index (χ2n) is 4.82. The van der Waals surface area contributed by atoms with Crippen molar-refractivity contribution in [2.24, 2.45) is 0 Å². The van der Waals surface area contributed by atoms with Crippen molar-refractivity contribution in [3.63, 3.8) is 0 Å². The molecule has 0 amide bonds. The molecule has 5 nitrogen and oxygen atoms in total. The van der Waals surface area contributed by atoms with Crippen LogP contribution in [0.4, 0.5) is 0 Å². The zero-order chi connectivity index (χ0) is 14.7. The molecular weight excluding hydrogens is 266 g/mol. The fourth-order valence-corrected chi connectivity index (χ4v) is 2.28. The van der Waals surface area contributed by atoms with Crippen LogP contribution >= 0.6 is 0 Å². The smallest absolute Gasteiger partial charge is 0.269 e. The van der Waals surface area contributed by atoms with Crippen LogP contribution in [0, 0.1) is 0 Å². The normalized spacial score (nSPS) is 11.1. The van der Waals surface area contributed by atoms with Gasteiger partial charge in [0.1, 0.15) is 11.5 Å². The van der Waals surface area contributed by atoms with Crippen LogP contribution in [0.3, 0.4) is 0 Å². The number of nitrogens with zero attached hydrogens (tertiary/aromatic N) is 2. The highest BCUT2D eigenvalue weighted by Crippen LogP contribution is 2.13. The average Bonchev–Trinajstić information content (AvgIpc) is 2.96. The minimum atomic E-state index is -0.127. The first-order chi connectivity index (χ1) is 10.3. The van der Waals surface area contributed by atoms with Gasteiger partial charge in [0.2, 0.25) is 0 Å². The summed E-state index contributed by atoms with van der Waals surface area (Å²) in [6, 6.07) is 11.4. The molecule has 0 saturated carbocycles. The number of hydrogen-bond donors (Lipinski definition) is 1. The van der Waals surface area contributed by atoms with Gasteiger partial charge >= 0.3 is 0 Å². The fraction of sp³-hybridized carbons (Fsp3) is 0.250. The summed E-state index contributed by atoms with van der Waals surface area (Å²) >= 11 is 0. The molecule has 0 saturated heterocycles. The van der Waals surface area contributed by atoms with Crippen LogP contribution in [0.15, 0.2) is 51.8 Å². The van der Waals surface area contributed by atoms with E-state index < -0.39 is 0 Å². The van der Waals surface area contributed by atoms with Crippen molar-refractivity contribution in [1.82, 2.24) is 14.9 Å². The summed E-state index contributed by atoms with van der Waals surface area (Å²) in [5.41, 5.74) is 1.49. The van der Waals surface area contributed by atoms with E-state index in [1.165, 1.54) is 6.20 Å². The maximum atomic E-state index is 12.1. The Morgan fingerprint density at radius 1 is 1.19 bits per heavy atom. The Morgan fingerprint density at radius 3 is 2.86 bits per heavy atom. The van der Waals surface area contributed by atoms with Crippen molar-refractivity contribution >= 4 is 11.0 Å². The van der Waals surface area contributed by atoms with Crippen LogP contribution in [-0.4, -0.2) is 16.1 Å². The fourth-order valence-electron chi connectivity index (χ4n) is 2.28. The van der Waals surface area contributed by atoms with Crippen molar-refractivity contribution in [2.45, 2.75) is 20.0 Å². The molecule has 2 aromatic heterocycles. The molecule has 0 aliphatic heterocycles. The maximum absolute atomic E-state index is 12.1. The number of fused-ring (bicyclic) bond motifs is 1. The molecule has 0 bridgehead atoms. The van der Waals surface area contributed by atoms with Gasteiger partial charge in [-0.3, -0.25) is 9.36 Å². The Morgan fingerprint density at radius 2 is 2.00 bits per heavy atom. The number of furan rings is 1. The molecule has 5 heteroatoms. The van der Waals surface area contributed by atoms with Crippen LogP contribution in [-0.2, 0) is 13.1 Å². The Bertz CT molecular complexity index is 804. The highest BCUT2D eigenvalue weighted by atomic mass is 16.3. The third-order valence-electron chi connectivity index (χ3n) is 3.33. The van der Waals surface area contributed by atoms with Crippen LogP contribution in [0.25, 0.3) is 11.0 Å². The van der Waals surface area contributed by atoms with E-state index in [4.69, 9.17) is 4.42 Å². The molecule has 0 spiro atoms. The molecule has 108 valence electrons. The lowest BCUT2D eigenvalue weighted by Crippen LogP contribution is -2.20. The SMILES string of the molecule is CCNCc1ccc(Cn2c(=O)cnc3ccccc32)o1. The number of hydrogen-bond acceptors (Lipinski definition) is 4. The van der Waals surface area contributed by atoms with Gasteiger partial charge in [-0.05, 0) is 30.8 Å². The van der Waals surface area contributed by atoms with E-state index in [0.717, 1.165) is 29.1 Å². The standard InChI is InChI=1S/C16H17N3O2/c1-2-17-9-12-7-8-13(21-12)11-19-15-6-4-3-5-14(15)18-10-16(19)20/h3-8,10,17H,2,9,11H2,1H3. The van der Waals surface area contributed by atoms with E-state index in [9.17, 15) is 4.79 Å². The number of aromatic nitrogens is 2. The second kappa shape index (κ2) is 5.93. The second-order valence-corrected chi connectivity index (χ2v) is 4.82. The minimum Gasteiger partial charge on any atom is -0.463 e. The predicted molar refractivity (Wildman–Crippen MR) is 81.2 cm³/mol. The quantitative estimate of drug-likeness (QED) is 0.779. The zero-order valence-electron chi connectivity index (χ0n) is 11.9. The molecule has 2 heterocycles. The van der Waals surface area contributed by atoms with Gasteiger partial charge in [0.15, 0.2) is 0 Å². The molecule has 0 atom stereocenters. The molecule has 0 aliphatic carbocycles. The summed E-state index contributed by atoms with van der Waals surface area (Å²) in [7, 11) is 0. The van der Waals surface area contributed by atoms with E-state index in [1.54, 1.807) is 4.57 Å². The Kier molecular flexibility index (Phi) is 3.83. The Labute approximate surface area is 122 Å². The van der Waals surface area contributed by atoms with Gasteiger partial charge in [-0.1, -0.05) is 19.1 Å². The first-order valence-corrected chi connectivity index (χ1v) is 7.01. The Hall–Kier alpha value is -2.40. The van der Waals surface area contributed by atoms with E-state index >= 15 is 0 Å². The zero-order valence-corrected chi connectivity index (χ0v) is 11.9. The van der Waals surface area contributed by atoms with E-state index in [1.807, 2.05) is 43.3 Å². The monoisotopic (exact) mass is 283 g/mol. The average molecular weight is 283 g/mol. The molecular formula is C16H17N3O2. The molecule has 3 aromatic rings. The number of nitrogens with one attached hydrogen (secondary N) is 1. The molecule has 21 heavy (non-hydrogen) atoms. The Balaban J connectivity index is 1.92. The van der Waals surface area contributed by atoms with Gasteiger partial charge in [0.05, 0.1) is 30.3 Å². The lowest BCUT2D eigenvalue weighted by Gasteiger charge is -2.07. The summed E-state index contributed by atoms with van der Waals surface area (Å²) < 4.78 is 7.43. The third-order valence-corrected chi connectivity index (χ3v) is 3.33. The molecule has 0 radical (unpaired) electrons. The van der Waals surface area contributed by atoms with Crippen molar-refractivity contribution < 1.29 is 4.42 Å².